The largest absolute Gasteiger partial charge is 0.444 e. The SMILES string of the molecule is CC(C)(C)OC(=O)N1CCC(C=C(C(=O)Nc2nccs2)c2ccc(S(C)(=O)=O)cc2)CC1. The van der Waals surface area contributed by atoms with E-state index in [1.807, 2.05) is 26.8 Å². The highest BCUT2D eigenvalue weighted by Crippen LogP contribution is 2.27. The molecule has 0 aliphatic carbocycles. The van der Waals surface area contributed by atoms with E-state index in [1.54, 1.807) is 28.6 Å². The first-order chi connectivity index (χ1) is 15.4. The zero-order valence-corrected chi connectivity index (χ0v) is 20.8. The normalized spacial score (nSPS) is 15.9. The molecule has 2 heterocycles. The van der Waals surface area contributed by atoms with Crippen LogP contribution in [0.2, 0.25) is 0 Å². The summed E-state index contributed by atoms with van der Waals surface area (Å²) in [5.41, 5.74) is 0.513. The number of rotatable bonds is 5. The summed E-state index contributed by atoms with van der Waals surface area (Å²) < 4.78 is 29.1. The molecule has 3 rings (SSSR count). The van der Waals surface area contributed by atoms with Gasteiger partial charge in [-0.3, -0.25) is 10.1 Å². The first kappa shape index (κ1) is 24.9. The van der Waals surface area contributed by atoms with Crippen molar-refractivity contribution in [3.8, 4) is 0 Å². The van der Waals surface area contributed by atoms with Crippen molar-refractivity contribution in [2.75, 3.05) is 24.7 Å². The van der Waals surface area contributed by atoms with Crippen LogP contribution >= 0.6 is 11.3 Å². The Morgan fingerprint density at radius 1 is 1.18 bits per heavy atom. The molecule has 0 radical (unpaired) electrons. The minimum atomic E-state index is -3.34. The molecule has 0 saturated carbocycles. The van der Waals surface area contributed by atoms with Crippen LogP contribution in [-0.2, 0) is 19.4 Å². The zero-order valence-electron chi connectivity index (χ0n) is 19.2. The van der Waals surface area contributed by atoms with Gasteiger partial charge in [0.05, 0.1) is 4.90 Å². The minimum absolute atomic E-state index is 0.0790. The number of ether oxygens (including phenoxy) is 1. The quantitative estimate of drug-likeness (QED) is 0.628. The maximum Gasteiger partial charge on any atom is 0.410 e. The summed E-state index contributed by atoms with van der Waals surface area (Å²) in [6.45, 7) is 6.57. The summed E-state index contributed by atoms with van der Waals surface area (Å²) in [7, 11) is -3.34. The predicted octanol–water partition coefficient (Wildman–Crippen LogP) is 4.22. The third kappa shape index (κ3) is 7.13. The highest BCUT2D eigenvalue weighted by molar-refractivity contribution is 7.90. The fraction of sp³-hybridized carbons (Fsp3) is 0.435. The van der Waals surface area contributed by atoms with Gasteiger partial charge in [0, 0.05) is 36.5 Å². The van der Waals surface area contributed by atoms with E-state index in [4.69, 9.17) is 4.74 Å². The molecule has 2 amide bonds. The van der Waals surface area contributed by atoms with Gasteiger partial charge in [0.25, 0.3) is 5.91 Å². The van der Waals surface area contributed by atoms with Crippen molar-refractivity contribution in [1.29, 1.82) is 0 Å². The van der Waals surface area contributed by atoms with E-state index in [-0.39, 0.29) is 22.8 Å². The number of hydrogen-bond acceptors (Lipinski definition) is 7. The number of likely N-dealkylation sites (tertiary alicyclic amines) is 1. The number of benzene rings is 1. The van der Waals surface area contributed by atoms with Gasteiger partial charge in [-0.1, -0.05) is 18.2 Å². The average Bonchev–Trinajstić information content (AvgIpc) is 3.23. The monoisotopic (exact) mass is 491 g/mol. The second kappa shape index (κ2) is 10.0. The van der Waals surface area contributed by atoms with Gasteiger partial charge in [-0.05, 0) is 57.2 Å². The molecular weight excluding hydrogens is 462 g/mol. The van der Waals surface area contributed by atoms with Gasteiger partial charge < -0.3 is 9.64 Å². The lowest BCUT2D eigenvalue weighted by molar-refractivity contribution is -0.111. The fourth-order valence-electron chi connectivity index (χ4n) is 3.45. The summed E-state index contributed by atoms with van der Waals surface area (Å²) in [4.78, 5) is 31.4. The first-order valence-corrected chi connectivity index (χ1v) is 13.4. The third-order valence-electron chi connectivity index (χ3n) is 5.08. The smallest absolute Gasteiger partial charge is 0.410 e. The van der Waals surface area contributed by atoms with Crippen LogP contribution in [-0.4, -0.2) is 55.2 Å². The number of thiazole rings is 1. The van der Waals surface area contributed by atoms with Gasteiger partial charge in [0.15, 0.2) is 15.0 Å². The number of aromatic nitrogens is 1. The molecule has 0 bridgehead atoms. The summed E-state index contributed by atoms with van der Waals surface area (Å²) >= 11 is 1.32. The summed E-state index contributed by atoms with van der Waals surface area (Å²) in [5.74, 6) is -0.234. The molecule has 2 aromatic rings. The molecule has 0 unspecified atom stereocenters. The van der Waals surface area contributed by atoms with Crippen molar-refractivity contribution in [3.63, 3.8) is 0 Å². The number of amides is 2. The van der Waals surface area contributed by atoms with E-state index < -0.39 is 15.4 Å². The average molecular weight is 492 g/mol. The van der Waals surface area contributed by atoms with E-state index >= 15 is 0 Å². The highest BCUT2D eigenvalue weighted by Gasteiger charge is 2.27. The molecule has 1 aromatic carbocycles. The maximum atomic E-state index is 13.1. The Bertz CT molecular complexity index is 1110. The molecule has 0 spiro atoms. The topological polar surface area (TPSA) is 106 Å². The highest BCUT2D eigenvalue weighted by atomic mass is 32.2. The molecule has 10 heteroatoms. The molecule has 1 aromatic heterocycles. The number of nitrogens with zero attached hydrogens (tertiary/aromatic N) is 2. The number of carbonyl (C=O) groups excluding carboxylic acids is 2. The van der Waals surface area contributed by atoms with E-state index in [0.29, 0.717) is 42.2 Å². The molecule has 33 heavy (non-hydrogen) atoms. The standard InChI is InChI=1S/C23H29N3O5S2/c1-23(2,3)31-22(28)26-12-9-16(10-13-26)15-19(20(27)25-21-24-11-14-32-21)17-5-7-18(8-6-17)33(4,29)30/h5-8,11,14-16H,9-10,12-13H2,1-4H3,(H,24,25,27). The molecule has 1 N–H and O–H groups in total. The van der Waals surface area contributed by atoms with Crippen LogP contribution in [0, 0.1) is 5.92 Å². The molecule has 1 aliphatic heterocycles. The first-order valence-electron chi connectivity index (χ1n) is 10.6. The van der Waals surface area contributed by atoms with Crippen LogP contribution in [0.15, 0.2) is 46.8 Å². The number of allylic oxidation sites excluding steroid dienone is 1. The summed E-state index contributed by atoms with van der Waals surface area (Å²) in [5, 5.41) is 5.06. The van der Waals surface area contributed by atoms with E-state index in [1.165, 1.54) is 23.5 Å². The van der Waals surface area contributed by atoms with Gasteiger partial charge in [-0.2, -0.15) is 0 Å². The lowest BCUT2D eigenvalue weighted by Gasteiger charge is -2.32. The number of piperidine rings is 1. The number of sulfone groups is 1. The second-order valence-electron chi connectivity index (χ2n) is 8.97. The van der Waals surface area contributed by atoms with Crippen molar-refractivity contribution in [2.45, 2.75) is 44.1 Å². The Labute approximate surface area is 198 Å². The summed E-state index contributed by atoms with van der Waals surface area (Å²) in [6, 6.07) is 6.28. The lowest BCUT2D eigenvalue weighted by Crippen LogP contribution is -2.41. The van der Waals surface area contributed by atoms with Crippen molar-refractivity contribution < 1.29 is 22.7 Å². The van der Waals surface area contributed by atoms with Crippen LogP contribution in [0.3, 0.4) is 0 Å². The van der Waals surface area contributed by atoms with Crippen molar-refractivity contribution >= 4 is 43.9 Å². The van der Waals surface area contributed by atoms with Crippen LogP contribution in [0.1, 0.15) is 39.2 Å². The number of hydrogen-bond donors (Lipinski definition) is 1. The third-order valence-corrected chi connectivity index (χ3v) is 6.90. The Balaban J connectivity index is 1.79. The lowest BCUT2D eigenvalue weighted by atomic mass is 9.92. The zero-order chi connectivity index (χ0) is 24.2. The maximum absolute atomic E-state index is 13.1. The van der Waals surface area contributed by atoms with Gasteiger partial charge in [-0.15, -0.1) is 11.3 Å². The molecule has 8 nitrogen and oxygen atoms in total. The van der Waals surface area contributed by atoms with Gasteiger partial charge in [0.2, 0.25) is 0 Å². The molecular formula is C23H29N3O5S2. The Hall–Kier alpha value is -2.72. The number of nitrogens with one attached hydrogen (secondary N) is 1. The van der Waals surface area contributed by atoms with Crippen molar-refractivity contribution in [1.82, 2.24) is 9.88 Å². The Kier molecular flexibility index (Phi) is 7.58. The number of carbonyl (C=O) groups is 2. The van der Waals surface area contributed by atoms with E-state index in [9.17, 15) is 18.0 Å². The molecule has 1 saturated heterocycles. The van der Waals surface area contributed by atoms with Gasteiger partial charge in [0.1, 0.15) is 5.60 Å². The second-order valence-corrected chi connectivity index (χ2v) is 11.9. The van der Waals surface area contributed by atoms with Gasteiger partial charge >= 0.3 is 6.09 Å². The Morgan fingerprint density at radius 3 is 2.33 bits per heavy atom. The number of anilines is 1. The minimum Gasteiger partial charge on any atom is -0.444 e. The molecule has 0 atom stereocenters. The fourth-order valence-corrected chi connectivity index (χ4v) is 4.60. The van der Waals surface area contributed by atoms with E-state index in [0.717, 1.165) is 6.26 Å². The van der Waals surface area contributed by atoms with Crippen LogP contribution in [0.25, 0.3) is 5.57 Å². The molecule has 1 aliphatic rings. The van der Waals surface area contributed by atoms with E-state index in [2.05, 4.69) is 10.3 Å². The summed E-state index contributed by atoms with van der Waals surface area (Å²) in [6.07, 6.45) is 5.71. The van der Waals surface area contributed by atoms with Crippen molar-refractivity contribution in [3.05, 3.63) is 47.5 Å². The Morgan fingerprint density at radius 2 is 1.82 bits per heavy atom. The van der Waals surface area contributed by atoms with Crippen LogP contribution < -0.4 is 5.32 Å². The predicted molar refractivity (Wildman–Crippen MR) is 129 cm³/mol. The van der Waals surface area contributed by atoms with Crippen LogP contribution in [0.4, 0.5) is 9.93 Å². The molecule has 1 fully saturated rings. The van der Waals surface area contributed by atoms with Crippen molar-refractivity contribution in [2.24, 2.45) is 5.92 Å². The molecule has 178 valence electrons. The van der Waals surface area contributed by atoms with Gasteiger partial charge in [-0.25, -0.2) is 18.2 Å². The van der Waals surface area contributed by atoms with Crippen LogP contribution in [0.5, 0.6) is 0 Å².